The van der Waals surface area contributed by atoms with Gasteiger partial charge in [-0.05, 0) is 12.5 Å². The lowest BCUT2D eigenvalue weighted by Gasteiger charge is -2.13. The van der Waals surface area contributed by atoms with Crippen LogP contribution < -0.4 is 0 Å². The van der Waals surface area contributed by atoms with Crippen LogP contribution in [0.15, 0.2) is 35.4 Å². The number of rotatable bonds is 4. The Morgan fingerprint density at radius 1 is 1.39 bits per heavy atom. The van der Waals surface area contributed by atoms with Gasteiger partial charge in [-0.3, -0.25) is 9.59 Å². The molecule has 0 aromatic heterocycles. The smallest absolute Gasteiger partial charge is 0.324 e. The molecule has 0 unspecified atom stereocenters. The average Bonchev–Trinajstić information content (AvgIpc) is 2.73. The SMILES string of the molecule is CCOC(=O)[C@H]1C=NN(Cc2ccccc2)C1=O. The van der Waals surface area contributed by atoms with Crippen LogP contribution in [0.25, 0.3) is 0 Å². The first-order valence-electron chi connectivity index (χ1n) is 5.78. The number of amides is 1. The van der Waals surface area contributed by atoms with Crippen LogP contribution in [0.1, 0.15) is 12.5 Å². The minimum Gasteiger partial charge on any atom is -0.465 e. The van der Waals surface area contributed by atoms with Crippen molar-refractivity contribution < 1.29 is 14.3 Å². The van der Waals surface area contributed by atoms with E-state index in [0.29, 0.717) is 6.54 Å². The van der Waals surface area contributed by atoms with Crippen molar-refractivity contribution in [2.45, 2.75) is 13.5 Å². The van der Waals surface area contributed by atoms with Gasteiger partial charge >= 0.3 is 5.97 Å². The molecule has 0 radical (unpaired) electrons. The van der Waals surface area contributed by atoms with Crippen molar-refractivity contribution in [2.24, 2.45) is 11.0 Å². The van der Waals surface area contributed by atoms with Gasteiger partial charge in [-0.2, -0.15) is 5.10 Å². The number of carbonyl (C=O) groups excluding carboxylic acids is 2. The number of benzene rings is 1. The summed E-state index contributed by atoms with van der Waals surface area (Å²) in [5.41, 5.74) is 0.965. The van der Waals surface area contributed by atoms with E-state index in [1.807, 2.05) is 30.3 Å². The number of esters is 1. The third-order valence-corrected chi connectivity index (χ3v) is 2.59. The zero-order chi connectivity index (χ0) is 13.0. The number of nitrogens with zero attached hydrogens (tertiary/aromatic N) is 2. The second-order valence-corrected chi connectivity index (χ2v) is 3.88. The first-order valence-corrected chi connectivity index (χ1v) is 5.78. The lowest BCUT2D eigenvalue weighted by Crippen LogP contribution is -2.31. The summed E-state index contributed by atoms with van der Waals surface area (Å²) >= 11 is 0. The van der Waals surface area contributed by atoms with Gasteiger partial charge in [0.25, 0.3) is 5.91 Å². The first-order chi connectivity index (χ1) is 8.72. The van der Waals surface area contributed by atoms with Crippen LogP contribution in [0.5, 0.6) is 0 Å². The maximum absolute atomic E-state index is 11.9. The number of hydrogen-bond acceptors (Lipinski definition) is 4. The summed E-state index contributed by atoms with van der Waals surface area (Å²) < 4.78 is 4.82. The van der Waals surface area contributed by atoms with Crippen LogP contribution >= 0.6 is 0 Å². The molecule has 5 nitrogen and oxygen atoms in total. The van der Waals surface area contributed by atoms with Gasteiger partial charge in [-0.1, -0.05) is 30.3 Å². The van der Waals surface area contributed by atoms with Crippen LogP contribution in [-0.4, -0.2) is 29.7 Å². The Hall–Kier alpha value is -2.17. The molecule has 0 spiro atoms. The van der Waals surface area contributed by atoms with E-state index in [-0.39, 0.29) is 12.5 Å². The first kappa shape index (κ1) is 12.3. The summed E-state index contributed by atoms with van der Waals surface area (Å²) in [5, 5.41) is 5.24. The summed E-state index contributed by atoms with van der Waals surface area (Å²) in [4.78, 5) is 23.4. The molecular weight excluding hydrogens is 232 g/mol. The molecule has 1 atom stereocenters. The topological polar surface area (TPSA) is 59.0 Å². The fourth-order valence-electron chi connectivity index (χ4n) is 1.70. The van der Waals surface area contributed by atoms with Crippen molar-refractivity contribution in [3.63, 3.8) is 0 Å². The van der Waals surface area contributed by atoms with E-state index in [9.17, 15) is 9.59 Å². The molecule has 94 valence electrons. The minimum absolute atomic E-state index is 0.259. The van der Waals surface area contributed by atoms with Crippen LogP contribution in [0, 0.1) is 5.92 Å². The highest BCUT2D eigenvalue weighted by Crippen LogP contribution is 2.15. The Morgan fingerprint density at radius 2 is 2.11 bits per heavy atom. The molecule has 0 fully saturated rings. The second-order valence-electron chi connectivity index (χ2n) is 3.88. The Morgan fingerprint density at radius 3 is 2.78 bits per heavy atom. The fraction of sp³-hybridized carbons (Fsp3) is 0.308. The molecule has 5 heteroatoms. The summed E-state index contributed by atoms with van der Waals surface area (Å²) in [7, 11) is 0. The highest BCUT2D eigenvalue weighted by molar-refractivity contribution is 6.13. The van der Waals surface area contributed by atoms with Crippen molar-refractivity contribution in [3.8, 4) is 0 Å². The Labute approximate surface area is 105 Å². The number of hydrogen-bond donors (Lipinski definition) is 0. The molecule has 1 heterocycles. The molecule has 18 heavy (non-hydrogen) atoms. The molecule has 0 saturated carbocycles. The van der Waals surface area contributed by atoms with Gasteiger partial charge in [0.2, 0.25) is 0 Å². The van der Waals surface area contributed by atoms with Gasteiger partial charge < -0.3 is 4.74 Å². The van der Waals surface area contributed by atoms with Gasteiger partial charge in [0.1, 0.15) is 0 Å². The van der Waals surface area contributed by atoms with Crippen molar-refractivity contribution >= 4 is 18.1 Å². The molecule has 1 amide bonds. The van der Waals surface area contributed by atoms with Gasteiger partial charge in [0.05, 0.1) is 13.2 Å². The largest absolute Gasteiger partial charge is 0.465 e. The lowest BCUT2D eigenvalue weighted by atomic mass is 10.1. The molecule has 0 saturated heterocycles. The van der Waals surface area contributed by atoms with Crippen molar-refractivity contribution in [1.29, 1.82) is 0 Å². The molecule has 0 aliphatic carbocycles. The standard InChI is InChI=1S/C13H14N2O3/c1-2-18-13(17)11-8-14-15(12(11)16)9-10-6-4-3-5-7-10/h3-8,11H,2,9H2,1H3/t11-/m0/s1. The third-order valence-electron chi connectivity index (χ3n) is 2.59. The van der Waals surface area contributed by atoms with Crippen LogP contribution in [0.3, 0.4) is 0 Å². The van der Waals surface area contributed by atoms with Crippen molar-refractivity contribution in [3.05, 3.63) is 35.9 Å². The third kappa shape index (κ3) is 2.56. The predicted octanol–water partition coefficient (Wildman–Crippen LogP) is 1.19. The summed E-state index contributed by atoms with van der Waals surface area (Å²) in [6.45, 7) is 2.33. The zero-order valence-electron chi connectivity index (χ0n) is 10.1. The van der Waals surface area contributed by atoms with Gasteiger partial charge in [-0.15, -0.1) is 0 Å². The second kappa shape index (κ2) is 5.44. The zero-order valence-corrected chi connectivity index (χ0v) is 10.1. The monoisotopic (exact) mass is 246 g/mol. The van der Waals surface area contributed by atoms with Gasteiger partial charge in [0, 0.05) is 6.21 Å². The van der Waals surface area contributed by atoms with E-state index < -0.39 is 11.9 Å². The quantitative estimate of drug-likeness (QED) is 0.592. The van der Waals surface area contributed by atoms with E-state index in [1.165, 1.54) is 11.2 Å². The van der Waals surface area contributed by atoms with Gasteiger partial charge in [0.15, 0.2) is 5.92 Å². The molecule has 2 rings (SSSR count). The molecule has 0 bridgehead atoms. The number of carbonyl (C=O) groups is 2. The van der Waals surface area contributed by atoms with Crippen molar-refractivity contribution in [1.82, 2.24) is 5.01 Å². The molecule has 1 aromatic rings. The molecular formula is C13H14N2O3. The van der Waals surface area contributed by atoms with Crippen molar-refractivity contribution in [2.75, 3.05) is 6.61 Å². The predicted molar refractivity (Wildman–Crippen MR) is 65.6 cm³/mol. The Balaban J connectivity index is 2.00. The Bertz CT molecular complexity index is 470. The highest BCUT2D eigenvalue weighted by Gasteiger charge is 2.35. The maximum atomic E-state index is 11.9. The average molecular weight is 246 g/mol. The van der Waals surface area contributed by atoms with Gasteiger partial charge in [-0.25, -0.2) is 5.01 Å². The maximum Gasteiger partial charge on any atom is 0.324 e. The lowest BCUT2D eigenvalue weighted by molar-refractivity contribution is -0.151. The number of hydrazone groups is 1. The van der Waals surface area contributed by atoms with Crippen LogP contribution in [-0.2, 0) is 20.9 Å². The molecule has 0 N–H and O–H groups in total. The number of ether oxygens (including phenoxy) is 1. The molecule has 1 aromatic carbocycles. The summed E-state index contributed by atoms with van der Waals surface area (Å²) in [6, 6.07) is 9.49. The fourth-order valence-corrected chi connectivity index (χ4v) is 1.70. The van der Waals surface area contributed by atoms with Crippen LogP contribution in [0.2, 0.25) is 0 Å². The van der Waals surface area contributed by atoms with E-state index in [0.717, 1.165) is 5.56 Å². The van der Waals surface area contributed by atoms with E-state index >= 15 is 0 Å². The van der Waals surface area contributed by atoms with Crippen LogP contribution in [0.4, 0.5) is 0 Å². The van der Waals surface area contributed by atoms with E-state index in [1.54, 1.807) is 6.92 Å². The summed E-state index contributed by atoms with van der Waals surface area (Å²) in [6.07, 6.45) is 1.34. The molecule has 1 aliphatic heterocycles. The molecule has 1 aliphatic rings. The minimum atomic E-state index is -0.895. The highest BCUT2D eigenvalue weighted by atomic mass is 16.5. The Kier molecular flexibility index (Phi) is 3.72. The van der Waals surface area contributed by atoms with E-state index in [2.05, 4.69) is 5.10 Å². The van der Waals surface area contributed by atoms with E-state index in [4.69, 9.17) is 4.74 Å². The summed E-state index contributed by atoms with van der Waals surface area (Å²) in [5.74, 6) is -1.77. The normalized spacial score (nSPS) is 18.2.